The maximum atomic E-state index is 12.6. The van der Waals surface area contributed by atoms with Crippen molar-refractivity contribution in [3.05, 3.63) is 84.2 Å². The molecule has 0 saturated carbocycles. The van der Waals surface area contributed by atoms with Crippen LogP contribution in [-0.2, 0) is 4.79 Å². The Morgan fingerprint density at radius 3 is 2.53 bits per heavy atom. The molecule has 0 radical (unpaired) electrons. The molecule has 0 aliphatic carbocycles. The molecule has 2 aromatic heterocycles. The van der Waals surface area contributed by atoms with E-state index in [4.69, 9.17) is 9.57 Å². The zero-order valence-electron chi connectivity index (χ0n) is 17.4. The number of thiazole rings is 1. The van der Waals surface area contributed by atoms with Crippen molar-refractivity contribution >= 4 is 44.5 Å². The summed E-state index contributed by atoms with van der Waals surface area (Å²) in [6, 6.07) is 16.0. The Morgan fingerprint density at radius 1 is 1.03 bits per heavy atom. The van der Waals surface area contributed by atoms with Crippen LogP contribution in [-0.4, -0.2) is 28.8 Å². The number of pyridine rings is 1. The van der Waals surface area contributed by atoms with Crippen LogP contribution in [0.2, 0.25) is 0 Å². The summed E-state index contributed by atoms with van der Waals surface area (Å²) in [5, 5.41) is 1.52. The van der Waals surface area contributed by atoms with Gasteiger partial charge in [0, 0.05) is 24.9 Å². The first-order chi connectivity index (χ1) is 15.5. The van der Waals surface area contributed by atoms with Gasteiger partial charge >= 0.3 is 0 Å². The standard InChI is InChI=1S/C24H19N3O4S/c1-16(28)27(24-26-19-5-3-4-6-23(19)32-24)31-21-10-8-18(15-22(21)30-2)20(29)9-7-17-11-13-25-14-12-17/h3-15H,1-2H3/b9-7+. The van der Waals surface area contributed by atoms with Crippen LogP contribution in [0.3, 0.4) is 0 Å². The largest absolute Gasteiger partial charge is 0.493 e. The van der Waals surface area contributed by atoms with E-state index in [2.05, 4.69) is 9.97 Å². The van der Waals surface area contributed by atoms with Gasteiger partial charge in [-0.2, -0.15) is 0 Å². The molecule has 4 rings (SSSR count). The fourth-order valence-electron chi connectivity index (χ4n) is 2.92. The number of ketones is 1. The number of allylic oxidation sites excluding steroid dienone is 1. The maximum absolute atomic E-state index is 12.6. The van der Waals surface area contributed by atoms with Crippen molar-refractivity contribution in [1.82, 2.24) is 9.97 Å². The Balaban J connectivity index is 1.58. The molecule has 0 N–H and O–H groups in total. The van der Waals surface area contributed by atoms with Gasteiger partial charge in [0.15, 0.2) is 17.3 Å². The van der Waals surface area contributed by atoms with Gasteiger partial charge in [-0.05, 0) is 54.1 Å². The number of hydrogen-bond acceptors (Lipinski definition) is 7. The summed E-state index contributed by atoms with van der Waals surface area (Å²) in [5.74, 6) is 0.0740. The quantitative estimate of drug-likeness (QED) is 0.228. The average molecular weight is 446 g/mol. The summed E-state index contributed by atoms with van der Waals surface area (Å²) in [5.41, 5.74) is 2.07. The lowest BCUT2D eigenvalue weighted by Crippen LogP contribution is -2.32. The molecule has 0 aliphatic heterocycles. The van der Waals surface area contributed by atoms with E-state index in [1.54, 1.807) is 48.8 Å². The number of ether oxygens (including phenoxy) is 1. The first kappa shape index (κ1) is 21.2. The third-order valence-electron chi connectivity index (χ3n) is 4.51. The first-order valence-corrected chi connectivity index (χ1v) is 10.5. The lowest BCUT2D eigenvalue weighted by molar-refractivity contribution is -0.120. The molecule has 0 aliphatic rings. The molecule has 7 nitrogen and oxygen atoms in total. The van der Waals surface area contributed by atoms with Crippen LogP contribution in [0.1, 0.15) is 22.8 Å². The molecule has 2 aromatic carbocycles. The van der Waals surface area contributed by atoms with E-state index in [1.807, 2.05) is 24.3 Å². The molecule has 0 atom stereocenters. The third-order valence-corrected chi connectivity index (χ3v) is 5.52. The second kappa shape index (κ2) is 9.40. The minimum absolute atomic E-state index is 0.193. The fraction of sp³-hybridized carbons (Fsp3) is 0.0833. The minimum atomic E-state index is -0.341. The van der Waals surface area contributed by atoms with Crippen LogP contribution in [0.15, 0.2) is 73.1 Å². The molecule has 0 fully saturated rings. The Labute approximate surface area is 188 Å². The Kier molecular flexibility index (Phi) is 6.23. The number of nitrogens with zero attached hydrogens (tertiary/aromatic N) is 3. The third kappa shape index (κ3) is 4.65. The van der Waals surface area contributed by atoms with Crippen molar-refractivity contribution in [3.8, 4) is 11.5 Å². The van der Waals surface area contributed by atoms with Gasteiger partial charge in [0.05, 0.1) is 17.3 Å². The molecule has 0 saturated heterocycles. The van der Waals surface area contributed by atoms with Crippen molar-refractivity contribution in [1.29, 1.82) is 0 Å². The average Bonchev–Trinajstić information content (AvgIpc) is 3.25. The zero-order valence-corrected chi connectivity index (χ0v) is 18.2. The van der Waals surface area contributed by atoms with E-state index in [-0.39, 0.29) is 17.4 Å². The fourth-order valence-corrected chi connectivity index (χ4v) is 3.88. The number of rotatable bonds is 7. The van der Waals surface area contributed by atoms with Gasteiger partial charge in [0.1, 0.15) is 0 Å². The predicted molar refractivity (Wildman–Crippen MR) is 124 cm³/mol. The monoisotopic (exact) mass is 445 g/mol. The van der Waals surface area contributed by atoms with E-state index in [9.17, 15) is 9.59 Å². The van der Waals surface area contributed by atoms with E-state index >= 15 is 0 Å². The number of amides is 1. The van der Waals surface area contributed by atoms with Gasteiger partial charge in [-0.15, -0.1) is 5.06 Å². The number of aromatic nitrogens is 2. The molecule has 32 heavy (non-hydrogen) atoms. The molecule has 8 heteroatoms. The number of methoxy groups -OCH3 is 1. The minimum Gasteiger partial charge on any atom is -0.493 e. The number of hydrogen-bond donors (Lipinski definition) is 0. The van der Waals surface area contributed by atoms with E-state index in [0.717, 1.165) is 20.8 Å². The SMILES string of the molecule is COc1cc(C(=O)/C=C/c2ccncc2)ccc1ON(C(C)=O)c1nc2ccccc2s1. The Hall–Kier alpha value is -4.04. The highest BCUT2D eigenvalue weighted by Crippen LogP contribution is 2.33. The second-order valence-corrected chi connectivity index (χ2v) is 7.72. The summed E-state index contributed by atoms with van der Waals surface area (Å²) in [6.07, 6.45) is 6.51. The van der Waals surface area contributed by atoms with Crippen LogP contribution in [0.4, 0.5) is 5.13 Å². The topological polar surface area (TPSA) is 81.6 Å². The maximum Gasteiger partial charge on any atom is 0.259 e. The molecular formula is C24H19N3O4S. The van der Waals surface area contributed by atoms with Crippen LogP contribution in [0.5, 0.6) is 11.5 Å². The van der Waals surface area contributed by atoms with Gasteiger partial charge in [0.2, 0.25) is 5.13 Å². The van der Waals surface area contributed by atoms with Gasteiger partial charge in [-0.1, -0.05) is 29.5 Å². The van der Waals surface area contributed by atoms with Gasteiger partial charge in [-0.3, -0.25) is 14.6 Å². The number of fused-ring (bicyclic) bond motifs is 1. The zero-order chi connectivity index (χ0) is 22.5. The molecule has 160 valence electrons. The number of anilines is 1. The lowest BCUT2D eigenvalue weighted by atomic mass is 10.1. The summed E-state index contributed by atoms with van der Waals surface area (Å²) >= 11 is 1.34. The summed E-state index contributed by atoms with van der Waals surface area (Å²) in [6.45, 7) is 1.39. The molecule has 0 spiro atoms. The van der Waals surface area contributed by atoms with Gasteiger partial charge in [-0.25, -0.2) is 4.98 Å². The smallest absolute Gasteiger partial charge is 0.259 e. The molecule has 1 amide bonds. The highest BCUT2D eigenvalue weighted by molar-refractivity contribution is 7.22. The van der Waals surface area contributed by atoms with Crippen molar-refractivity contribution in [2.75, 3.05) is 12.2 Å². The molecule has 2 heterocycles. The van der Waals surface area contributed by atoms with E-state index < -0.39 is 0 Å². The Morgan fingerprint density at radius 2 is 1.81 bits per heavy atom. The molecule has 4 aromatic rings. The summed E-state index contributed by atoms with van der Waals surface area (Å²) < 4.78 is 6.35. The van der Waals surface area contributed by atoms with Crippen LogP contribution in [0.25, 0.3) is 16.3 Å². The van der Waals surface area contributed by atoms with Crippen LogP contribution < -0.4 is 14.6 Å². The number of benzene rings is 2. The number of hydroxylamine groups is 1. The second-order valence-electron chi connectivity index (χ2n) is 6.71. The van der Waals surface area contributed by atoms with Crippen molar-refractivity contribution in [2.24, 2.45) is 0 Å². The number of carbonyl (C=O) groups excluding carboxylic acids is 2. The summed E-state index contributed by atoms with van der Waals surface area (Å²) in [7, 11) is 1.47. The molecule has 0 bridgehead atoms. The van der Waals surface area contributed by atoms with Crippen molar-refractivity contribution < 1.29 is 19.2 Å². The highest BCUT2D eigenvalue weighted by atomic mass is 32.1. The molecular weight excluding hydrogens is 426 g/mol. The van der Waals surface area contributed by atoms with Crippen LogP contribution >= 0.6 is 11.3 Å². The van der Waals surface area contributed by atoms with Gasteiger partial charge in [0.25, 0.3) is 5.91 Å². The normalized spacial score (nSPS) is 10.9. The van der Waals surface area contributed by atoms with E-state index in [0.29, 0.717) is 16.4 Å². The molecule has 0 unspecified atom stereocenters. The summed E-state index contributed by atoms with van der Waals surface area (Å²) in [4.78, 5) is 39.1. The predicted octanol–water partition coefficient (Wildman–Crippen LogP) is 4.94. The number of para-hydroxylation sites is 1. The van der Waals surface area contributed by atoms with Crippen molar-refractivity contribution in [3.63, 3.8) is 0 Å². The Bertz CT molecular complexity index is 1270. The van der Waals surface area contributed by atoms with Gasteiger partial charge < -0.3 is 9.57 Å². The van der Waals surface area contributed by atoms with Crippen LogP contribution in [0, 0.1) is 0 Å². The number of carbonyl (C=O) groups is 2. The highest BCUT2D eigenvalue weighted by Gasteiger charge is 2.21. The van der Waals surface area contributed by atoms with Crippen molar-refractivity contribution in [2.45, 2.75) is 6.92 Å². The van der Waals surface area contributed by atoms with E-state index in [1.165, 1.54) is 31.4 Å². The first-order valence-electron chi connectivity index (χ1n) is 9.70. The lowest BCUT2D eigenvalue weighted by Gasteiger charge is -2.19.